The van der Waals surface area contributed by atoms with Crippen LogP contribution in [0.3, 0.4) is 0 Å². The molecule has 3 aromatic rings. The third-order valence-electron chi connectivity index (χ3n) is 7.00. The molecule has 3 heterocycles. The number of nitrogens with one attached hydrogen (secondary N) is 3. The molecule has 5 rings (SSSR count). The zero-order valence-corrected chi connectivity index (χ0v) is 20.7. The molecule has 2 saturated carbocycles. The third-order valence-corrected chi connectivity index (χ3v) is 7.00. The van der Waals surface area contributed by atoms with Crippen molar-refractivity contribution in [2.75, 3.05) is 19.0 Å². The molecule has 2 aliphatic carbocycles. The number of carbonyl (C=O) groups is 2. The van der Waals surface area contributed by atoms with Crippen LogP contribution in [-0.4, -0.2) is 56.7 Å². The average Bonchev–Trinajstić information content (AvgIpc) is 3.82. The number of hydrogen-bond acceptors (Lipinski definition) is 8. The van der Waals surface area contributed by atoms with Crippen molar-refractivity contribution >= 4 is 17.5 Å². The Bertz CT molecular complexity index is 1380. The maximum Gasteiger partial charge on any atom is 0.276 e. The molecule has 0 aliphatic heterocycles. The number of H-pyrrole nitrogens is 1. The van der Waals surface area contributed by atoms with Crippen molar-refractivity contribution in [2.45, 2.75) is 44.7 Å². The van der Waals surface area contributed by atoms with Crippen molar-refractivity contribution in [3.05, 3.63) is 57.5 Å². The first-order valence-corrected chi connectivity index (χ1v) is 12.3. The lowest BCUT2D eigenvalue weighted by molar-refractivity contribution is -0.119. The highest BCUT2D eigenvalue weighted by Crippen LogP contribution is 2.51. The maximum atomic E-state index is 14.9. The Morgan fingerprint density at radius 1 is 1.24 bits per heavy atom. The third kappa shape index (κ3) is 5.35. The Morgan fingerprint density at radius 3 is 2.55 bits per heavy atom. The van der Waals surface area contributed by atoms with Gasteiger partial charge in [-0.15, -0.1) is 5.10 Å². The van der Waals surface area contributed by atoms with E-state index in [9.17, 15) is 23.2 Å². The standard InChI is InChI=1S/C24H27F2N7O5/c1-11-19(32-38-31-11)23(35)29-20(18(12-3-4-12)13-5-6-13)24(36)28-16-9-33(30-21(16)26)17(10-37-2)15-7-14(25)8-27-22(15)34/h7-9,12-13,17-18,20H,3-6,10H2,1-2H3,(H,27,34)(H,28,36)(H,29,35). The Labute approximate surface area is 215 Å². The van der Waals surface area contributed by atoms with Gasteiger partial charge in [-0.3, -0.25) is 19.1 Å². The van der Waals surface area contributed by atoms with Gasteiger partial charge in [-0.1, -0.05) is 5.16 Å². The second-order valence-corrected chi connectivity index (χ2v) is 9.78. The molecular weight excluding hydrogens is 504 g/mol. The van der Waals surface area contributed by atoms with Crippen molar-refractivity contribution in [1.29, 1.82) is 0 Å². The minimum atomic E-state index is -1.01. The van der Waals surface area contributed by atoms with Gasteiger partial charge in [-0.25, -0.2) is 9.02 Å². The molecule has 0 bridgehead atoms. The SMILES string of the molecule is COCC(c1cc(F)c[nH]c1=O)n1cc(NC(=O)C(NC(=O)c2nonc2C)C(C2CC2)C2CC2)c(F)n1. The molecule has 38 heavy (non-hydrogen) atoms. The van der Waals surface area contributed by atoms with E-state index in [0.717, 1.165) is 42.6 Å². The van der Waals surface area contributed by atoms with E-state index in [1.807, 2.05) is 0 Å². The molecule has 2 amide bonds. The fourth-order valence-electron chi connectivity index (χ4n) is 4.89. The summed E-state index contributed by atoms with van der Waals surface area (Å²) in [4.78, 5) is 41.0. The Morgan fingerprint density at radius 2 is 1.95 bits per heavy atom. The summed E-state index contributed by atoms with van der Waals surface area (Å²) in [5.41, 5.74) is -0.633. The van der Waals surface area contributed by atoms with Crippen molar-refractivity contribution in [1.82, 2.24) is 30.4 Å². The van der Waals surface area contributed by atoms with Gasteiger partial charge in [0.2, 0.25) is 5.91 Å². The van der Waals surface area contributed by atoms with Crippen LogP contribution in [0.25, 0.3) is 0 Å². The summed E-state index contributed by atoms with van der Waals surface area (Å²) in [5.74, 6) is -2.50. The first-order valence-electron chi connectivity index (χ1n) is 12.3. The fraction of sp³-hybridized carbons (Fsp3) is 0.500. The van der Waals surface area contributed by atoms with E-state index in [0.29, 0.717) is 0 Å². The van der Waals surface area contributed by atoms with Gasteiger partial charge in [-0.05, 0) is 61.6 Å². The normalized spacial score (nSPS) is 16.9. The van der Waals surface area contributed by atoms with Gasteiger partial charge in [0.25, 0.3) is 17.4 Å². The number of rotatable bonds is 11. The van der Waals surface area contributed by atoms with Crippen LogP contribution in [0.15, 0.2) is 27.9 Å². The lowest BCUT2D eigenvalue weighted by Crippen LogP contribution is -2.50. The predicted octanol–water partition coefficient (Wildman–Crippen LogP) is 1.95. The van der Waals surface area contributed by atoms with Crippen LogP contribution in [0.5, 0.6) is 0 Å². The minimum absolute atomic E-state index is 0.0310. The number of anilines is 1. The number of amides is 2. The molecule has 2 aliphatic rings. The van der Waals surface area contributed by atoms with Gasteiger partial charge in [0, 0.05) is 18.9 Å². The van der Waals surface area contributed by atoms with Gasteiger partial charge >= 0.3 is 0 Å². The molecule has 0 radical (unpaired) electrons. The van der Waals surface area contributed by atoms with E-state index in [-0.39, 0.29) is 47.0 Å². The van der Waals surface area contributed by atoms with Gasteiger partial charge in [0.15, 0.2) is 5.69 Å². The molecule has 12 nitrogen and oxygen atoms in total. The molecule has 0 saturated heterocycles. The molecule has 14 heteroatoms. The predicted molar refractivity (Wildman–Crippen MR) is 127 cm³/mol. The van der Waals surface area contributed by atoms with E-state index < -0.39 is 41.2 Å². The fourth-order valence-corrected chi connectivity index (χ4v) is 4.89. The van der Waals surface area contributed by atoms with Gasteiger partial charge in [0.05, 0.1) is 12.8 Å². The number of pyridine rings is 1. The maximum absolute atomic E-state index is 14.9. The first kappa shape index (κ1) is 25.7. The van der Waals surface area contributed by atoms with Gasteiger partial charge in [0.1, 0.15) is 29.3 Å². The molecular formula is C24H27F2N7O5. The van der Waals surface area contributed by atoms with E-state index in [1.165, 1.54) is 13.3 Å². The van der Waals surface area contributed by atoms with Crippen LogP contribution in [-0.2, 0) is 9.53 Å². The zero-order chi connectivity index (χ0) is 27.0. The molecule has 2 atom stereocenters. The van der Waals surface area contributed by atoms with Crippen LogP contribution < -0.4 is 16.2 Å². The Balaban J connectivity index is 1.41. The van der Waals surface area contributed by atoms with Crippen molar-refractivity contribution in [3.8, 4) is 0 Å². The van der Waals surface area contributed by atoms with Crippen LogP contribution in [0.2, 0.25) is 0 Å². The smallest absolute Gasteiger partial charge is 0.276 e. The summed E-state index contributed by atoms with van der Waals surface area (Å²) >= 11 is 0. The largest absolute Gasteiger partial charge is 0.382 e. The highest BCUT2D eigenvalue weighted by Gasteiger charge is 2.48. The summed E-state index contributed by atoms with van der Waals surface area (Å²) in [6.45, 7) is 1.44. The van der Waals surface area contributed by atoms with E-state index in [1.54, 1.807) is 6.92 Å². The number of aromatic amines is 1. The van der Waals surface area contributed by atoms with E-state index in [2.05, 4.69) is 35.7 Å². The average molecular weight is 532 g/mol. The number of methoxy groups -OCH3 is 1. The second-order valence-electron chi connectivity index (χ2n) is 9.78. The van der Waals surface area contributed by atoms with Crippen molar-refractivity contribution < 1.29 is 27.7 Å². The van der Waals surface area contributed by atoms with Crippen molar-refractivity contribution in [3.63, 3.8) is 0 Å². The number of nitrogens with zero attached hydrogens (tertiary/aromatic N) is 4. The Kier molecular flexibility index (Phi) is 7.06. The number of carbonyl (C=O) groups excluding carboxylic acids is 2. The number of hydrogen-bond donors (Lipinski definition) is 3. The molecule has 3 N–H and O–H groups in total. The summed E-state index contributed by atoms with van der Waals surface area (Å²) < 4.78 is 39.6. The van der Waals surface area contributed by atoms with Crippen LogP contribution >= 0.6 is 0 Å². The molecule has 2 fully saturated rings. The summed E-state index contributed by atoms with van der Waals surface area (Å²) in [6, 6.07) is -0.909. The number of aromatic nitrogens is 5. The Hall–Kier alpha value is -3.94. The quantitative estimate of drug-likeness (QED) is 0.339. The van der Waals surface area contributed by atoms with Crippen LogP contribution in [0, 0.1) is 36.4 Å². The van der Waals surface area contributed by atoms with E-state index >= 15 is 0 Å². The first-order chi connectivity index (χ1) is 18.3. The van der Waals surface area contributed by atoms with Crippen LogP contribution in [0.1, 0.15) is 53.5 Å². The molecule has 0 aromatic carbocycles. The lowest BCUT2D eigenvalue weighted by Gasteiger charge is -2.27. The number of aryl methyl sites for hydroxylation is 1. The number of halogens is 2. The minimum Gasteiger partial charge on any atom is -0.382 e. The summed E-state index contributed by atoms with van der Waals surface area (Å²) in [7, 11) is 1.37. The van der Waals surface area contributed by atoms with E-state index in [4.69, 9.17) is 4.74 Å². The number of ether oxygens (including phenoxy) is 1. The molecule has 0 spiro atoms. The summed E-state index contributed by atoms with van der Waals surface area (Å²) in [5, 5.41) is 16.3. The van der Waals surface area contributed by atoms with Gasteiger partial charge < -0.3 is 20.4 Å². The van der Waals surface area contributed by atoms with Crippen LogP contribution in [0.4, 0.5) is 14.5 Å². The zero-order valence-electron chi connectivity index (χ0n) is 20.7. The lowest BCUT2D eigenvalue weighted by atomic mass is 9.88. The van der Waals surface area contributed by atoms with Crippen molar-refractivity contribution in [2.24, 2.45) is 17.8 Å². The highest BCUT2D eigenvalue weighted by molar-refractivity contribution is 6.01. The molecule has 202 valence electrons. The van der Waals surface area contributed by atoms with Gasteiger partial charge in [-0.2, -0.15) is 4.39 Å². The molecule has 2 unspecified atom stereocenters. The monoisotopic (exact) mass is 531 g/mol. The highest BCUT2D eigenvalue weighted by atomic mass is 19.1. The topological polar surface area (TPSA) is 157 Å². The summed E-state index contributed by atoms with van der Waals surface area (Å²) in [6.07, 6.45) is 5.88. The second kappa shape index (κ2) is 10.4. The molecule has 3 aromatic heterocycles.